The van der Waals surface area contributed by atoms with Crippen molar-refractivity contribution in [1.29, 1.82) is 0 Å². The maximum absolute atomic E-state index is 11.0. The largest absolute Gasteiger partial charge is 0.478 e. The van der Waals surface area contributed by atoms with E-state index in [2.05, 4.69) is 24.0 Å². The van der Waals surface area contributed by atoms with Gasteiger partial charge in [0.05, 0.1) is 5.56 Å². The van der Waals surface area contributed by atoms with Crippen LogP contribution in [0.2, 0.25) is 0 Å². The summed E-state index contributed by atoms with van der Waals surface area (Å²) in [6, 6.07) is 12.1. The van der Waals surface area contributed by atoms with Crippen molar-refractivity contribution in [3.8, 4) is 0 Å². The van der Waals surface area contributed by atoms with E-state index in [1.54, 1.807) is 12.1 Å². The van der Waals surface area contributed by atoms with Crippen molar-refractivity contribution >= 4 is 11.7 Å². The molecule has 4 rings (SSSR count). The van der Waals surface area contributed by atoms with Gasteiger partial charge in [0.15, 0.2) is 0 Å². The Kier molecular flexibility index (Phi) is 3.79. The van der Waals surface area contributed by atoms with Crippen LogP contribution in [-0.2, 0) is 12.8 Å². The smallest absolute Gasteiger partial charge is 0.335 e. The van der Waals surface area contributed by atoms with E-state index in [-0.39, 0.29) is 5.92 Å². The molecule has 0 spiro atoms. The topological polar surface area (TPSA) is 40.5 Å². The number of rotatable bonds is 3. The van der Waals surface area contributed by atoms with Gasteiger partial charge < -0.3 is 10.0 Å². The van der Waals surface area contributed by atoms with Crippen LogP contribution in [0.1, 0.15) is 58.3 Å². The third-order valence-corrected chi connectivity index (χ3v) is 5.51. The number of carboxylic acids is 1. The molecular formula is C21H23NO2. The fourth-order valence-electron chi connectivity index (χ4n) is 4.19. The number of carbonyl (C=O) groups is 1. The SMILES string of the molecule is CC(c1ccc(C(=O)O)cc1)c1cc2c3c(c1)CCCN3CCC2. The van der Waals surface area contributed by atoms with Crippen LogP contribution < -0.4 is 4.90 Å². The molecule has 0 saturated carbocycles. The molecule has 0 bridgehead atoms. The number of hydrogen-bond acceptors (Lipinski definition) is 2. The van der Waals surface area contributed by atoms with Crippen LogP contribution in [0, 0.1) is 0 Å². The van der Waals surface area contributed by atoms with Gasteiger partial charge in [-0.1, -0.05) is 31.2 Å². The van der Waals surface area contributed by atoms with E-state index in [0.717, 1.165) is 0 Å². The van der Waals surface area contributed by atoms with Crippen molar-refractivity contribution < 1.29 is 9.90 Å². The number of carboxylic acid groups (broad SMARTS) is 1. The molecule has 1 atom stereocenters. The highest BCUT2D eigenvalue weighted by atomic mass is 16.4. The average molecular weight is 321 g/mol. The van der Waals surface area contributed by atoms with Crippen LogP contribution in [0.3, 0.4) is 0 Å². The molecule has 0 saturated heterocycles. The van der Waals surface area contributed by atoms with Gasteiger partial charge in [0, 0.05) is 24.7 Å². The highest BCUT2D eigenvalue weighted by molar-refractivity contribution is 5.87. The first kappa shape index (κ1) is 15.3. The predicted octanol–water partition coefficient (Wildman–Crippen LogP) is 4.24. The third-order valence-electron chi connectivity index (χ3n) is 5.51. The molecule has 2 heterocycles. The Hall–Kier alpha value is -2.29. The summed E-state index contributed by atoms with van der Waals surface area (Å²) in [5.74, 6) is -0.584. The molecule has 124 valence electrons. The van der Waals surface area contributed by atoms with Crippen LogP contribution in [-0.4, -0.2) is 24.2 Å². The van der Waals surface area contributed by atoms with E-state index in [4.69, 9.17) is 5.11 Å². The number of benzene rings is 2. The lowest BCUT2D eigenvalue weighted by Crippen LogP contribution is -2.34. The lowest BCUT2D eigenvalue weighted by molar-refractivity contribution is 0.0697. The first-order valence-electron chi connectivity index (χ1n) is 8.87. The van der Waals surface area contributed by atoms with Gasteiger partial charge in [-0.05, 0) is 60.1 Å². The van der Waals surface area contributed by atoms with Gasteiger partial charge in [-0.15, -0.1) is 0 Å². The minimum Gasteiger partial charge on any atom is -0.478 e. The van der Waals surface area contributed by atoms with Crippen molar-refractivity contribution in [2.75, 3.05) is 18.0 Å². The molecule has 2 aliphatic rings. The van der Waals surface area contributed by atoms with Gasteiger partial charge in [0.25, 0.3) is 0 Å². The van der Waals surface area contributed by atoms with E-state index in [0.29, 0.717) is 5.56 Å². The first-order valence-corrected chi connectivity index (χ1v) is 8.87. The van der Waals surface area contributed by atoms with Gasteiger partial charge in [0.1, 0.15) is 0 Å². The number of aromatic carboxylic acids is 1. The Labute approximate surface area is 142 Å². The molecule has 2 aromatic carbocycles. The fourth-order valence-corrected chi connectivity index (χ4v) is 4.19. The van der Waals surface area contributed by atoms with Crippen molar-refractivity contribution in [3.63, 3.8) is 0 Å². The monoisotopic (exact) mass is 321 g/mol. The second-order valence-corrected chi connectivity index (χ2v) is 7.03. The molecule has 3 heteroatoms. The van der Waals surface area contributed by atoms with Crippen molar-refractivity contribution in [3.05, 3.63) is 64.2 Å². The Morgan fingerprint density at radius 2 is 1.58 bits per heavy atom. The fraction of sp³-hybridized carbons (Fsp3) is 0.381. The second-order valence-electron chi connectivity index (χ2n) is 7.03. The van der Waals surface area contributed by atoms with Gasteiger partial charge in [-0.3, -0.25) is 0 Å². The molecule has 2 aliphatic heterocycles. The van der Waals surface area contributed by atoms with Crippen LogP contribution in [0.4, 0.5) is 5.69 Å². The Bertz CT molecular complexity index is 748. The Balaban J connectivity index is 1.70. The molecular weight excluding hydrogens is 298 g/mol. The molecule has 0 amide bonds. The van der Waals surface area contributed by atoms with Crippen LogP contribution in [0.5, 0.6) is 0 Å². The highest BCUT2D eigenvalue weighted by Gasteiger charge is 2.25. The predicted molar refractivity (Wildman–Crippen MR) is 96.2 cm³/mol. The van der Waals surface area contributed by atoms with Crippen LogP contribution in [0.15, 0.2) is 36.4 Å². The lowest BCUT2D eigenvalue weighted by atomic mass is 9.85. The molecule has 1 unspecified atom stereocenters. The van der Waals surface area contributed by atoms with E-state index in [9.17, 15) is 4.79 Å². The van der Waals surface area contributed by atoms with Gasteiger partial charge in [-0.2, -0.15) is 0 Å². The summed E-state index contributed by atoms with van der Waals surface area (Å²) >= 11 is 0. The van der Waals surface area contributed by atoms with E-state index < -0.39 is 5.97 Å². The molecule has 0 radical (unpaired) electrons. The zero-order valence-electron chi connectivity index (χ0n) is 14.1. The molecule has 0 fully saturated rings. The van der Waals surface area contributed by atoms with E-state index in [1.165, 1.54) is 66.7 Å². The minimum atomic E-state index is -0.868. The van der Waals surface area contributed by atoms with E-state index >= 15 is 0 Å². The standard InChI is InChI=1S/C21H23NO2/c1-14(15-6-8-16(9-7-15)21(23)24)19-12-17-4-2-10-22-11-3-5-18(13-19)20(17)22/h6-9,12-14H,2-5,10-11H2,1H3,(H,23,24). The number of hydrogen-bond donors (Lipinski definition) is 1. The molecule has 1 N–H and O–H groups in total. The van der Waals surface area contributed by atoms with Crippen molar-refractivity contribution in [1.82, 2.24) is 0 Å². The Morgan fingerprint density at radius 1 is 1.00 bits per heavy atom. The summed E-state index contributed by atoms with van der Waals surface area (Å²) in [6.07, 6.45) is 4.85. The molecule has 24 heavy (non-hydrogen) atoms. The Morgan fingerprint density at radius 3 is 2.12 bits per heavy atom. The zero-order valence-corrected chi connectivity index (χ0v) is 14.1. The maximum atomic E-state index is 11.0. The quantitative estimate of drug-likeness (QED) is 0.919. The molecule has 0 aliphatic carbocycles. The highest BCUT2D eigenvalue weighted by Crippen LogP contribution is 2.38. The molecule has 2 aromatic rings. The number of nitrogens with zero attached hydrogens (tertiary/aromatic N) is 1. The summed E-state index contributed by atoms with van der Waals surface area (Å²) in [6.45, 7) is 4.62. The summed E-state index contributed by atoms with van der Waals surface area (Å²) < 4.78 is 0. The second kappa shape index (κ2) is 5.97. The molecule has 0 aromatic heterocycles. The van der Waals surface area contributed by atoms with Crippen molar-refractivity contribution in [2.24, 2.45) is 0 Å². The van der Waals surface area contributed by atoms with Gasteiger partial charge >= 0.3 is 5.97 Å². The number of anilines is 1. The van der Waals surface area contributed by atoms with E-state index in [1.807, 2.05) is 12.1 Å². The summed E-state index contributed by atoms with van der Waals surface area (Å²) in [5.41, 5.74) is 7.39. The first-order chi connectivity index (χ1) is 11.6. The van der Waals surface area contributed by atoms with Gasteiger partial charge in [0.2, 0.25) is 0 Å². The van der Waals surface area contributed by atoms with Gasteiger partial charge in [-0.25, -0.2) is 4.79 Å². The molecule has 3 nitrogen and oxygen atoms in total. The lowest BCUT2D eigenvalue weighted by Gasteiger charge is -2.37. The normalized spacial score (nSPS) is 17.3. The van der Waals surface area contributed by atoms with Crippen molar-refractivity contribution in [2.45, 2.75) is 38.5 Å². The third kappa shape index (κ3) is 2.58. The summed E-state index contributed by atoms with van der Waals surface area (Å²) in [4.78, 5) is 13.6. The maximum Gasteiger partial charge on any atom is 0.335 e. The summed E-state index contributed by atoms with van der Waals surface area (Å²) in [7, 11) is 0. The summed E-state index contributed by atoms with van der Waals surface area (Å²) in [5, 5.41) is 9.06. The zero-order chi connectivity index (χ0) is 16.7. The average Bonchev–Trinajstić information content (AvgIpc) is 2.61. The number of aryl methyl sites for hydroxylation is 2. The minimum absolute atomic E-state index is 0.284. The van der Waals surface area contributed by atoms with Crippen LogP contribution in [0.25, 0.3) is 0 Å². The van der Waals surface area contributed by atoms with Crippen LogP contribution >= 0.6 is 0 Å².